The number of aliphatic hydroxyl groups excluding tert-OH is 1. The van der Waals surface area contributed by atoms with Crippen LogP contribution < -0.4 is 5.32 Å². The van der Waals surface area contributed by atoms with Crippen LogP contribution in [0.2, 0.25) is 5.02 Å². The summed E-state index contributed by atoms with van der Waals surface area (Å²) in [5.41, 5.74) is 0.864. The van der Waals surface area contributed by atoms with E-state index in [4.69, 9.17) is 11.6 Å². The molecule has 0 saturated carbocycles. The van der Waals surface area contributed by atoms with Crippen molar-refractivity contribution in [3.05, 3.63) is 34.9 Å². The van der Waals surface area contributed by atoms with Gasteiger partial charge in [-0.3, -0.25) is 4.21 Å². The summed E-state index contributed by atoms with van der Waals surface area (Å²) in [6, 6.07) is 7.35. The van der Waals surface area contributed by atoms with E-state index < -0.39 is 16.9 Å². The molecule has 0 heterocycles. The normalized spacial score (nSPS) is 14.5. The van der Waals surface area contributed by atoms with Gasteiger partial charge < -0.3 is 10.4 Å². The summed E-state index contributed by atoms with van der Waals surface area (Å²) in [6.07, 6.45) is -0.571. The van der Waals surface area contributed by atoms with Crippen molar-refractivity contribution in [2.24, 2.45) is 0 Å². The highest BCUT2D eigenvalue weighted by Crippen LogP contribution is 2.16. The van der Waals surface area contributed by atoms with Gasteiger partial charge in [0.05, 0.1) is 17.6 Å². The van der Waals surface area contributed by atoms with Crippen LogP contribution in [0.15, 0.2) is 24.3 Å². The molecule has 2 unspecified atom stereocenters. The Labute approximate surface area is 110 Å². The van der Waals surface area contributed by atoms with E-state index in [-0.39, 0.29) is 5.75 Å². The van der Waals surface area contributed by atoms with Gasteiger partial charge in [0.2, 0.25) is 0 Å². The van der Waals surface area contributed by atoms with E-state index in [0.29, 0.717) is 17.3 Å². The second kappa shape index (κ2) is 7.82. The van der Waals surface area contributed by atoms with Crippen LogP contribution in [-0.4, -0.2) is 34.3 Å². The number of hydrogen-bond donors (Lipinski definition) is 2. The highest BCUT2D eigenvalue weighted by molar-refractivity contribution is 7.84. The van der Waals surface area contributed by atoms with E-state index in [0.717, 1.165) is 12.1 Å². The van der Waals surface area contributed by atoms with Crippen molar-refractivity contribution in [1.29, 1.82) is 0 Å². The number of hydrogen-bond acceptors (Lipinski definition) is 3. The molecule has 1 aromatic rings. The third-order valence-electron chi connectivity index (χ3n) is 2.28. The first-order chi connectivity index (χ1) is 8.13. The lowest BCUT2D eigenvalue weighted by molar-refractivity contribution is 0.195. The lowest BCUT2D eigenvalue weighted by Crippen LogP contribution is -2.31. The largest absolute Gasteiger partial charge is 0.391 e. The Bertz CT molecular complexity index is 373. The molecule has 1 aromatic carbocycles. The highest BCUT2D eigenvalue weighted by Gasteiger charge is 2.10. The standard InChI is InChI=1S/C12H18ClNO2S/c1-2-14-7-11(15)9-17(16)8-10-5-3-4-6-12(10)13/h3-6,11,14-15H,2,7-9H2,1H3. The minimum Gasteiger partial charge on any atom is -0.391 e. The fourth-order valence-electron chi connectivity index (χ4n) is 1.43. The molecule has 1 rings (SSSR count). The van der Waals surface area contributed by atoms with Crippen molar-refractivity contribution in [1.82, 2.24) is 5.32 Å². The summed E-state index contributed by atoms with van der Waals surface area (Å²) >= 11 is 5.98. The average Bonchev–Trinajstić information content (AvgIpc) is 2.29. The predicted octanol–water partition coefficient (Wildman–Crippen LogP) is 1.56. The first-order valence-electron chi connectivity index (χ1n) is 5.60. The van der Waals surface area contributed by atoms with E-state index in [9.17, 15) is 9.32 Å². The summed E-state index contributed by atoms with van der Waals surface area (Å²) in [7, 11) is -1.09. The molecule has 0 aliphatic heterocycles. The third kappa shape index (κ3) is 5.64. The van der Waals surface area contributed by atoms with Crippen LogP contribution in [0.4, 0.5) is 0 Å². The molecule has 96 valence electrons. The van der Waals surface area contributed by atoms with Gasteiger partial charge in [0.25, 0.3) is 0 Å². The molecule has 0 spiro atoms. The minimum atomic E-state index is -1.09. The van der Waals surface area contributed by atoms with E-state index >= 15 is 0 Å². The van der Waals surface area contributed by atoms with Gasteiger partial charge in [-0.1, -0.05) is 36.7 Å². The van der Waals surface area contributed by atoms with Crippen molar-refractivity contribution in [3.63, 3.8) is 0 Å². The average molecular weight is 276 g/mol. The summed E-state index contributed by atoms with van der Waals surface area (Å²) in [6.45, 7) is 3.24. The van der Waals surface area contributed by atoms with Gasteiger partial charge in [-0.2, -0.15) is 0 Å². The lowest BCUT2D eigenvalue weighted by Gasteiger charge is -2.11. The monoisotopic (exact) mass is 275 g/mol. The van der Waals surface area contributed by atoms with Crippen LogP contribution in [0.5, 0.6) is 0 Å². The topological polar surface area (TPSA) is 49.3 Å². The van der Waals surface area contributed by atoms with Crippen LogP contribution in [0.1, 0.15) is 12.5 Å². The van der Waals surface area contributed by atoms with Gasteiger partial charge in [0, 0.05) is 22.4 Å². The smallest absolute Gasteiger partial charge is 0.0779 e. The third-order valence-corrected chi connectivity index (χ3v) is 4.04. The molecule has 17 heavy (non-hydrogen) atoms. The number of rotatable bonds is 7. The van der Waals surface area contributed by atoms with E-state index in [1.807, 2.05) is 25.1 Å². The Morgan fingerprint density at radius 1 is 1.47 bits per heavy atom. The molecule has 2 atom stereocenters. The molecule has 5 heteroatoms. The quantitative estimate of drug-likeness (QED) is 0.794. The zero-order chi connectivity index (χ0) is 12.7. The van der Waals surface area contributed by atoms with Crippen molar-refractivity contribution in [3.8, 4) is 0 Å². The van der Waals surface area contributed by atoms with Gasteiger partial charge in [0.1, 0.15) is 0 Å². The molecular formula is C12H18ClNO2S. The molecule has 3 nitrogen and oxygen atoms in total. The van der Waals surface area contributed by atoms with E-state index in [2.05, 4.69) is 5.32 Å². The predicted molar refractivity (Wildman–Crippen MR) is 72.7 cm³/mol. The van der Waals surface area contributed by atoms with Crippen LogP contribution in [-0.2, 0) is 16.6 Å². The van der Waals surface area contributed by atoms with Crippen LogP contribution in [0, 0.1) is 0 Å². The second-order valence-electron chi connectivity index (χ2n) is 3.80. The maximum Gasteiger partial charge on any atom is 0.0779 e. The van der Waals surface area contributed by atoms with Gasteiger partial charge in [-0.15, -0.1) is 0 Å². The Morgan fingerprint density at radius 3 is 2.82 bits per heavy atom. The van der Waals surface area contributed by atoms with Crippen molar-refractivity contribution >= 4 is 22.4 Å². The summed E-state index contributed by atoms with van der Waals surface area (Å²) < 4.78 is 11.8. The number of benzene rings is 1. The molecule has 0 aromatic heterocycles. The maximum atomic E-state index is 11.8. The van der Waals surface area contributed by atoms with Gasteiger partial charge in [0.15, 0.2) is 0 Å². The molecule has 0 bridgehead atoms. The molecule has 2 N–H and O–H groups in total. The lowest BCUT2D eigenvalue weighted by atomic mass is 10.2. The van der Waals surface area contributed by atoms with E-state index in [1.165, 1.54) is 0 Å². The Kier molecular flexibility index (Phi) is 6.73. The van der Waals surface area contributed by atoms with Gasteiger partial charge in [-0.25, -0.2) is 0 Å². The summed E-state index contributed by atoms with van der Waals surface area (Å²) in [5, 5.41) is 13.3. The number of aliphatic hydroxyl groups is 1. The van der Waals surface area contributed by atoms with Crippen molar-refractivity contribution in [2.45, 2.75) is 18.8 Å². The maximum absolute atomic E-state index is 11.8. The molecule has 0 aliphatic carbocycles. The zero-order valence-electron chi connectivity index (χ0n) is 9.86. The van der Waals surface area contributed by atoms with E-state index in [1.54, 1.807) is 6.07 Å². The fourth-order valence-corrected chi connectivity index (χ4v) is 2.98. The summed E-state index contributed by atoms with van der Waals surface area (Å²) in [5.74, 6) is 0.668. The highest BCUT2D eigenvalue weighted by atomic mass is 35.5. The fraction of sp³-hybridized carbons (Fsp3) is 0.500. The van der Waals surface area contributed by atoms with Gasteiger partial charge in [-0.05, 0) is 18.2 Å². The number of nitrogens with one attached hydrogen (secondary N) is 1. The molecule has 0 saturated heterocycles. The molecular weight excluding hydrogens is 258 g/mol. The zero-order valence-corrected chi connectivity index (χ0v) is 11.4. The van der Waals surface area contributed by atoms with Crippen LogP contribution >= 0.6 is 11.6 Å². The van der Waals surface area contributed by atoms with Gasteiger partial charge >= 0.3 is 0 Å². The molecule has 0 radical (unpaired) electrons. The second-order valence-corrected chi connectivity index (χ2v) is 5.71. The Balaban J connectivity index is 2.42. The van der Waals surface area contributed by atoms with Crippen molar-refractivity contribution < 1.29 is 9.32 Å². The Morgan fingerprint density at radius 2 is 2.18 bits per heavy atom. The minimum absolute atomic E-state index is 0.276. The van der Waals surface area contributed by atoms with Crippen molar-refractivity contribution in [2.75, 3.05) is 18.8 Å². The SMILES string of the molecule is CCNCC(O)CS(=O)Cc1ccccc1Cl. The molecule has 0 amide bonds. The molecule has 0 fully saturated rings. The first-order valence-corrected chi connectivity index (χ1v) is 7.47. The number of halogens is 1. The Hall–Kier alpha value is -0.420. The van der Waals surface area contributed by atoms with Crippen LogP contribution in [0.25, 0.3) is 0 Å². The molecule has 0 aliphatic rings. The summed E-state index contributed by atoms with van der Waals surface area (Å²) in [4.78, 5) is 0. The van der Waals surface area contributed by atoms with Crippen LogP contribution in [0.3, 0.4) is 0 Å². The first kappa shape index (κ1) is 14.6. The number of likely N-dealkylation sites (N-methyl/N-ethyl adjacent to an activating group) is 1.